The Bertz CT molecular complexity index is 188. The first kappa shape index (κ1) is 15.0. The van der Waals surface area contributed by atoms with E-state index in [0.717, 1.165) is 6.04 Å². The van der Waals surface area contributed by atoms with Crippen LogP contribution in [0.1, 0.15) is 59.8 Å². The van der Waals surface area contributed by atoms with Crippen LogP contribution >= 0.6 is 0 Å². The quantitative estimate of drug-likeness (QED) is 0.717. The van der Waals surface area contributed by atoms with Gasteiger partial charge in [0.05, 0.1) is 0 Å². The van der Waals surface area contributed by atoms with Crippen molar-refractivity contribution in [3.63, 3.8) is 0 Å². The predicted octanol–water partition coefficient (Wildman–Crippen LogP) is 3.28. The van der Waals surface area contributed by atoms with Crippen LogP contribution in [0, 0.1) is 5.41 Å². The summed E-state index contributed by atoms with van der Waals surface area (Å²) in [5.41, 5.74) is 0.492. The Morgan fingerprint density at radius 1 is 1.18 bits per heavy atom. The van der Waals surface area contributed by atoms with Gasteiger partial charge >= 0.3 is 0 Å². The Kier molecular flexibility index (Phi) is 6.50. The van der Waals surface area contributed by atoms with Gasteiger partial charge < -0.3 is 10.2 Å². The highest BCUT2D eigenvalue weighted by molar-refractivity contribution is 4.77. The third-order valence-electron chi connectivity index (χ3n) is 3.66. The van der Waals surface area contributed by atoms with Crippen molar-refractivity contribution in [2.75, 3.05) is 26.2 Å². The molecule has 1 aliphatic heterocycles. The van der Waals surface area contributed by atoms with Crippen LogP contribution < -0.4 is 5.32 Å². The van der Waals surface area contributed by atoms with Crippen LogP contribution in [-0.4, -0.2) is 37.1 Å². The fraction of sp³-hybridized carbons (Fsp3) is 1.00. The molecule has 1 N–H and O–H groups in total. The Hall–Kier alpha value is -0.0800. The normalized spacial score (nSPS) is 19.8. The van der Waals surface area contributed by atoms with E-state index in [1.54, 1.807) is 0 Å². The first-order chi connectivity index (χ1) is 8.01. The molecule has 0 amide bonds. The van der Waals surface area contributed by atoms with Gasteiger partial charge in [-0.1, -0.05) is 27.7 Å². The van der Waals surface area contributed by atoms with Gasteiger partial charge in [-0.2, -0.15) is 0 Å². The monoisotopic (exact) mass is 240 g/mol. The molecule has 1 heterocycles. The van der Waals surface area contributed by atoms with E-state index in [0.29, 0.717) is 5.41 Å². The fourth-order valence-corrected chi connectivity index (χ4v) is 2.60. The van der Waals surface area contributed by atoms with Crippen molar-refractivity contribution in [3.8, 4) is 0 Å². The average Bonchev–Trinajstić information content (AvgIpc) is 2.26. The molecule has 1 fully saturated rings. The van der Waals surface area contributed by atoms with Crippen molar-refractivity contribution in [1.29, 1.82) is 0 Å². The second-order valence-electron chi connectivity index (χ2n) is 6.73. The van der Waals surface area contributed by atoms with E-state index >= 15 is 0 Å². The highest BCUT2D eigenvalue weighted by atomic mass is 15.1. The van der Waals surface area contributed by atoms with E-state index in [1.165, 1.54) is 58.3 Å². The molecule has 0 aliphatic carbocycles. The molecule has 1 rings (SSSR count). The van der Waals surface area contributed by atoms with Crippen molar-refractivity contribution in [1.82, 2.24) is 10.2 Å². The van der Waals surface area contributed by atoms with E-state index in [1.807, 2.05) is 0 Å². The standard InChI is InChI=1S/C15H32N2/c1-5-11-17-12-7-14(8-13-17)16-10-6-9-15(2,3)4/h14,16H,5-13H2,1-4H3. The molecule has 0 saturated carbocycles. The molecule has 0 bridgehead atoms. The maximum Gasteiger partial charge on any atom is 0.00914 e. The molecule has 0 unspecified atom stereocenters. The Balaban J connectivity index is 2.02. The van der Waals surface area contributed by atoms with Gasteiger partial charge in [0.1, 0.15) is 0 Å². The van der Waals surface area contributed by atoms with Crippen molar-refractivity contribution < 1.29 is 0 Å². The van der Waals surface area contributed by atoms with E-state index < -0.39 is 0 Å². The van der Waals surface area contributed by atoms with Gasteiger partial charge in [-0.3, -0.25) is 0 Å². The number of rotatable bonds is 6. The number of nitrogens with zero attached hydrogens (tertiary/aromatic N) is 1. The van der Waals surface area contributed by atoms with Crippen molar-refractivity contribution in [2.24, 2.45) is 5.41 Å². The second kappa shape index (κ2) is 7.38. The molecule has 0 spiro atoms. The summed E-state index contributed by atoms with van der Waals surface area (Å²) in [5.74, 6) is 0. The van der Waals surface area contributed by atoms with Crippen molar-refractivity contribution in [2.45, 2.75) is 65.8 Å². The zero-order valence-corrected chi connectivity index (χ0v) is 12.4. The summed E-state index contributed by atoms with van der Waals surface area (Å²) < 4.78 is 0. The zero-order chi connectivity index (χ0) is 12.7. The number of nitrogens with one attached hydrogen (secondary N) is 1. The molecular weight excluding hydrogens is 208 g/mol. The number of piperidine rings is 1. The number of hydrogen-bond donors (Lipinski definition) is 1. The van der Waals surface area contributed by atoms with Crippen LogP contribution in [0.25, 0.3) is 0 Å². The minimum atomic E-state index is 0.492. The molecule has 1 saturated heterocycles. The lowest BCUT2D eigenvalue weighted by molar-refractivity contribution is 0.197. The van der Waals surface area contributed by atoms with E-state index in [-0.39, 0.29) is 0 Å². The first-order valence-corrected chi connectivity index (χ1v) is 7.47. The van der Waals surface area contributed by atoms with Crippen LogP contribution in [0.15, 0.2) is 0 Å². The lowest BCUT2D eigenvalue weighted by atomic mass is 9.90. The smallest absolute Gasteiger partial charge is 0.00914 e. The minimum absolute atomic E-state index is 0.492. The molecule has 0 aromatic heterocycles. The minimum Gasteiger partial charge on any atom is -0.314 e. The zero-order valence-electron chi connectivity index (χ0n) is 12.4. The Morgan fingerprint density at radius 2 is 1.82 bits per heavy atom. The third kappa shape index (κ3) is 7.05. The van der Waals surface area contributed by atoms with Crippen LogP contribution in [-0.2, 0) is 0 Å². The lowest BCUT2D eigenvalue weighted by Crippen LogP contribution is -2.43. The van der Waals surface area contributed by atoms with Gasteiger partial charge in [0.2, 0.25) is 0 Å². The van der Waals surface area contributed by atoms with Gasteiger partial charge in [-0.05, 0) is 63.7 Å². The van der Waals surface area contributed by atoms with Gasteiger partial charge in [0.15, 0.2) is 0 Å². The van der Waals surface area contributed by atoms with E-state index in [9.17, 15) is 0 Å². The number of hydrogen-bond acceptors (Lipinski definition) is 2. The second-order valence-corrected chi connectivity index (χ2v) is 6.73. The Labute approximate surface area is 108 Å². The Morgan fingerprint density at radius 3 is 2.35 bits per heavy atom. The summed E-state index contributed by atoms with van der Waals surface area (Å²) in [6.45, 7) is 14.3. The summed E-state index contributed by atoms with van der Waals surface area (Å²) in [7, 11) is 0. The third-order valence-corrected chi connectivity index (χ3v) is 3.66. The first-order valence-electron chi connectivity index (χ1n) is 7.47. The van der Waals surface area contributed by atoms with Gasteiger partial charge in [0, 0.05) is 6.04 Å². The molecule has 2 nitrogen and oxygen atoms in total. The highest BCUT2D eigenvalue weighted by Crippen LogP contribution is 2.20. The van der Waals surface area contributed by atoms with Gasteiger partial charge in [0.25, 0.3) is 0 Å². The molecule has 2 heteroatoms. The SMILES string of the molecule is CCCN1CCC(NCCCC(C)(C)C)CC1. The maximum atomic E-state index is 3.73. The maximum absolute atomic E-state index is 3.73. The molecule has 0 radical (unpaired) electrons. The summed E-state index contributed by atoms with van der Waals surface area (Å²) >= 11 is 0. The predicted molar refractivity (Wildman–Crippen MR) is 76.4 cm³/mol. The molecule has 0 aromatic rings. The summed E-state index contributed by atoms with van der Waals surface area (Å²) in [6, 6.07) is 0.781. The lowest BCUT2D eigenvalue weighted by Gasteiger charge is -2.32. The van der Waals surface area contributed by atoms with Crippen LogP contribution in [0.4, 0.5) is 0 Å². The van der Waals surface area contributed by atoms with Crippen molar-refractivity contribution >= 4 is 0 Å². The summed E-state index contributed by atoms with van der Waals surface area (Å²) in [6.07, 6.45) is 6.63. The topological polar surface area (TPSA) is 15.3 Å². The van der Waals surface area contributed by atoms with Crippen LogP contribution in [0.2, 0.25) is 0 Å². The fourth-order valence-electron chi connectivity index (χ4n) is 2.60. The van der Waals surface area contributed by atoms with Crippen LogP contribution in [0.5, 0.6) is 0 Å². The molecule has 1 aliphatic rings. The van der Waals surface area contributed by atoms with Crippen LogP contribution in [0.3, 0.4) is 0 Å². The molecular formula is C15H32N2. The van der Waals surface area contributed by atoms with Gasteiger partial charge in [-0.15, -0.1) is 0 Å². The van der Waals surface area contributed by atoms with E-state index in [2.05, 4.69) is 37.9 Å². The molecule has 0 aromatic carbocycles. The summed E-state index contributed by atoms with van der Waals surface area (Å²) in [5, 5.41) is 3.73. The van der Waals surface area contributed by atoms with Crippen molar-refractivity contribution in [3.05, 3.63) is 0 Å². The summed E-state index contributed by atoms with van der Waals surface area (Å²) in [4.78, 5) is 2.60. The highest BCUT2D eigenvalue weighted by Gasteiger charge is 2.17. The average molecular weight is 240 g/mol. The van der Waals surface area contributed by atoms with Gasteiger partial charge in [-0.25, -0.2) is 0 Å². The molecule has 102 valence electrons. The largest absolute Gasteiger partial charge is 0.314 e. The number of likely N-dealkylation sites (tertiary alicyclic amines) is 1. The molecule has 17 heavy (non-hydrogen) atoms. The molecule has 0 atom stereocenters. The van der Waals surface area contributed by atoms with E-state index in [4.69, 9.17) is 0 Å².